The van der Waals surface area contributed by atoms with E-state index in [0.717, 1.165) is 31.4 Å². The highest BCUT2D eigenvalue weighted by Crippen LogP contribution is 2.01. The molecule has 114 valence electrons. The van der Waals surface area contributed by atoms with E-state index < -0.39 is 12.1 Å². The number of ether oxygens (including phenoxy) is 1. The summed E-state index contributed by atoms with van der Waals surface area (Å²) < 4.78 is 4.81. The van der Waals surface area contributed by atoms with Crippen molar-refractivity contribution in [3.05, 3.63) is 12.2 Å². The van der Waals surface area contributed by atoms with Crippen molar-refractivity contribution in [3.8, 4) is 0 Å². The molecule has 0 atom stereocenters. The minimum atomic E-state index is -0.654. The van der Waals surface area contributed by atoms with Crippen molar-refractivity contribution in [2.75, 3.05) is 13.2 Å². The topological polar surface area (TPSA) is 77.0 Å². The Hall–Kier alpha value is -1.85. The average Bonchev–Trinajstić information content (AvgIpc) is 2.43. The Morgan fingerprint density at radius 1 is 1.30 bits per heavy atom. The Balaban J connectivity index is 3.85. The van der Waals surface area contributed by atoms with Gasteiger partial charge in [0.2, 0.25) is 0 Å². The van der Waals surface area contributed by atoms with Crippen molar-refractivity contribution in [2.45, 2.75) is 46.5 Å². The van der Waals surface area contributed by atoms with Gasteiger partial charge in [-0.25, -0.2) is 9.59 Å². The molecule has 0 saturated heterocycles. The lowest BCUT2D eigenvalue weighted by atomic mass is 10.1. The fourth-order valence-corrected chi connectivity index (χ4v) is 1.23. The molecule has 0 aliphatic heterocycles. The Morgan fingerprint density at radius 3 is 2.55 bits per heavy atom. The number of nitrogens with one attached hydrogen (secondary N) is 1. The highest BCUT2D eigenvalue weighted by molar-refractivity contribution is 5.87. The number of amides is 1. The molecular formula is C14H24N2O4. The van der Waals surface area contributed by atoms with Crippen LogP contribution in [0.5, 0.6) is 0 Å². The van der Waals surface area contributed by atoms with Crippen LogP contribution in [0.2, 0.25) is 0 Å². The zero-order chi connectivity index (χ0) is 15.4. The van der Waals surface area contributed by atoms with Gasteiger partial charge in [-0.3, -0.25) is 4.84 Å². The number of carbonyl (C=O) groups excluding carboxylic acids is 2. The average molecular weight is 284 g/mol. The fraction of sp³-hybridized carbons (Fsp3) is 0.643. The van der Waals surface area contributed by atoms with Gasteiger partial charge in [0.1, 0.15) is 6.61 Å². The maximum absolute atomic E-state index is 11.3. The van der Waals surface area contributed by atoms with Crippen LogP contribution >= 0.6 is 0 Å². The molecule has 0 aliphatic rings. The number of nitrogens with zero attached hydrogens (tertiary/aromatic N) is 1. The summed E-state index contributed by atoms with van der Waals surface area (Å²) in [6, 6.07) is 0. The predicted molar refractivity (Wildman–Crippen MR) is 77.5 cm³/mol. The third-order valence-corrected chi connectivity index (χ3v) is 2.44. The molecule has 0 spiro atoms. The molecule has 0 saturated carbocycles. The molecule has 0 bridgehead atoms. The summed E-state index contributed by atoms with van der Waals surface area (Å²) in [5.41, 5.74) is 1.18. The van der Waals surface area contributed by atoms with E-state index in [1.54, 1.807) is 6.92 Å². The largest absolute Gasteiger partial charge is 0.460 e. The van der Waals surface area contributed by atoms with E-state index in [4.69, 9.17) is 9.57 Å². The van der Waals surface area contributed by atoms with Crippen molar-refractivity contribution >= 4 is 17.8 Å². The van der Waals surface area contributed by atoms with E-state index in [-0.39, 0.29) is 13.2 Å². The van der Waals surface area contributed by atoms with E-state index in [1.165, 1.54) is 0 Å². The molecule has 0 unspecified atom stereocenters. The molecular weight excluding hydrogens is 260 g/mol. The Morgan fingerprint density at radius 2 is 2.00 bits per heavy atom. The van der Waals surface area contributed by atoms with Crippen LogP contribution in [0.25, 0.3) is 0 Å². The number of unbranched alkanes of at least 4 members (excludes halogenated alkanes) is 1. The molecule has 20 heavy (non-hydrogen) atoms. The minimum Gasteiger partial charge on any atom is -0.460 e. The lowest BCUT2D eigenvalue weighted by molar-refractivity contribution is -0.138. The molecule has 0 radical (unpaired) electrons. The second kappa shape index (κ2) is 11.0. The van der Waals surface area contributed by atoms with Gasteiger partial charge in [-0.1, -0.05) is 32.0 Å². The lowest BCUT2D eigenvalue weighted by Crippen LogP contribution is -2.28. The SMILES string of the molecule is C=C(C)C(=O)OCCNC(=O)O/N=C(/CC)CCCC. The van der Waals surface area contributed by atoms with Crippen LogP contribution < -0.4 is 5.32 Å². The van der Waals surface area contributed by atoms with E-state index in [0.29, 0.717) is 5.57 Å². The van der Waals surface area contributed by atoms with Crippen molar-refractivity contribution in [2.24, 2.45) is 5.16 Å². The van der Waals surface area contributed by atoms with Gasteiger partial charge in [0, 0.05) is 5.57 Å². The first-order valence-corrected chi connectivity index (χ1v) is 6.84. The first kappa shape index (κ1) is 18.1. The van der Waals surface area contributed by atoms with Crippen molar-refractivity contribution < 1.29 is 19.2 Å². The Bertz CT molecular complexity index is 364. The maximum atomic E-state index is 11.3. The summed E-state index contributed by atoms with van der Waals surface area (Å²) in [6.45, 7) is 9.30. The van der Waals surface area contributed by atoms with Crippen LogP contribution in [0.15, 0.2) is 17.3 Å². The first-order valence-electron chi connectivity index (χ1n) is 6.84. The molecule has 1 amide bonds. The molecule has 0 aromatic carbocycles. The maximum Gasteiger partial charge on any atom is 0.433 e. The number of carbonyl (C=O) groups is 2. The van der Waals surface area contributed by atoms with Crippen LogP contribution in [-0.2, 0) is 14.4 Å². The summed E-state index contributed by atoms with van der Waals surface area (Å²) in [5, 5.41) is 6.24. The lowest BCUT2D eigenvalue weighted by Gasteiger charge is -2.06. The van der Waals surface area contributed by atoms with E-state index in [1.807, 2.05) is 6.92 Å². The summed E-state index contributed by atoms with van der Waals surface area (Å²) in [5.74, 6) is -0.481. The fourth-order valence-electron chi connectivity index (χ4n) is 1.23. The number of oxime groups is 1. The predicted octanol–water partition coefficient (Wildman–Crippen LogP) is 2.79. The minimum absolute atomic E-state index is 0.0704. The normalized spacial score (nSPS) is 10.8. The molecule has 0 heterocycles. The van der Waals surface area contributed by atoms with Gasteiger partial charge < -0.3 is 10.1 Å². The monoisotopic (exact) mass is 284 g/mol. The number of hydrogen-bond donors (Lipinski definition) is 1. The number of hydrogen-bond acceptors (Lipinski definition) is 5. The molecule has 0 aliphatic carbocycles. The zero-order valence-electron chi connectivity index (χ0n) is 12.5. The molecule has 6 heteroatoms. The van der Waals surface area contributed by atoms with Gasteiger partial charge in [0.15, 0.2) is 0 Å². The van der Waals surface area contributed by atoms with Gasteiger partial charge in [-0.05, 0) is 26.2 Å². The van der Waals surface area contributed by atoms with Crippen molar-refractivity contribution in [1.82, 2.24) is 5.32 Å². The summed E-state index contributed by atoms with van der Waals surface area (Å²) in [4.78, 5) is 27.1. The molecule has 0 aromatic rings. The summed E-state index contributed by atoms with van der Waals surface area (Å²) >= 11 is 0. The van der Waals surface area contributed by atoms with Gasteiger partial charge >= 0.3 is 12.1 Å². The van der Waals surface area contributed by atoms with Crippen LogP contribution in [0.1, 0.15) is 46.5 Å². The second-order valence-corrected chi connectivity index (χ2v) is 4.34. The van der Waals surface area contributed by atoms with Crippen molar-refractivity contribution in [1.29, 1.82) is 0 Å². The molecule has 1 N–H and O–H groups in total. The smallest absolute Gasteiger partial charge is 0.433 e. The summed E-state index contributed by atoms with van der Waals surface area (Å²) in [7, 11) is 0. The van der Waals surface area contributed by atoms with Crippen LogP contribution in [0.4, 0.5) is 4.79 Å². The van der Waals surface area contributed by atoms with Crippen LogP contribution in [0.3, 0.4) is 0 Å². The van der Waals surface area contributed by atoms with Gasteiger partial charge in [-0.15, -0.1) is 0 Å². The zero-order valence-corrected chi connectivity index (χ0v) is 12.5. The van der Waals surface area contributed by atoms with Gasteiger partial charge in [-0.2, -0.15) is 0 Å². The van der Waals surface area contributed by atoms with E-state index >= 15 is 0 Å². The highest BCUT2D eigenvalue weighted by Gasteiger charge is 2.05. The third kappa shape index (κ3) is 9.13. The van der Waals surface area contributed by atoms with Gasteiger partial charge in [0.25, 0.3) is 0 Å². The number of rotatable bonds is 9. The van der Waals surface area contributed by atoms with Crippen LogP contribution in [-0.4, -0.2) is 30.9 Å². The Labute approximate surface area is 120 Å². The first-order chi connectivity index (χ1) is 9.51. The third-order valence-electron chi connectivity index (χ3n) is 2.44. The van der Waals surface area contributed by atoms with E-state index in [9.17, 15) is 9.59 Å². The second-order valence-electron chi connectivity index (χ2n) is 4.34. The van der Waals surface area contributed by atoms with E-state index in [2.05, 4.69) is 24.0 Å². The quantitative estimate of drug-likeness (QED) is 0.176. The van der Waals surface area contributed by atoms with Crippen LogP contribution in [0, 0.1) is 0 Å². The molecule has 0 rings (SSSR count). The highest BCUT2D eigenvalue weighted by atomic mass is 16.7. The standard InChI is InChI=1S/C14H24N2O4/c1-5-7-8-12(6-2)16-20-14(18)15-9-10-19-13(17)11(3)4/h3,5-10H2,1-2,4H3,(H,15,18)/b16-12-. The van der Waals surface area contributed by atoms with Gasteiger partial charge in [0.05, 0.1) is 12.3 Å². The van der Waals surface area contributed by atoms with Crippen molar-refractivity contribution in [3.63, 3.8) is 0 Å². The number of esters is 1. The molecule has 0 aromatic heterocycles. The summed E-state index contributed by atoms with van der Waals surface area (Å²) in [6.07, 6.45) is 3.02. The molecule has 0 fully saturated rings. The Kier molecular flexibility index (Phi) is 10.00. The molecule has 6 nitrogen and oxygen atoms in total.